The number of benzene rings is 2. The van der Waals surface area contributed by atoms with Crippen molar-refractivity contribution in [3.63, 3.8) is 0 Å². The van der Waals surface area contributed by atoms with Gasteiger partial charge in [0.25, 0.3) is 0 Å². The maximum absolute atomic E-state index is 6.13. The smallest absolute Gasteiger partial charge is 0.129 e. The summed E-state index contributed by atoms with van der Waals surface area (Å²) in [5.41, 5.74) is 2.89. The van der Waals surface area contributed by atoms with Crippen LogP contribution in [0.1, 0.15) is 18.4 Å². The maximum Gasteiger partial charge on any atom is 0.129 e. The van der Waals surface area contributed by atoms with E-state index in [1.54, 1.807) is 0 Å². The molecule has 0 saturated carbocycles. The zero-order chi connectivity index (χ0) is 17.3. The fourth-order valence-corrected chi connectivity index (χ4v) is 3.67. The highest BCUT2D eigenvalue weighted by Crippen LogP contribution is 2.37. The molecule has 0 atom stereocenters. The van der Waals surface area contributed by atoms with Gasteiger partial charge in [-0.2, -0.15) is 0 Å². The Hall–Kier alpha value is -1.75. The van der Waals surface area contributed by atoms with E-state index < -0.39 is 0 Å². The molecule has 0 bridgehead atoms. The molecule has 2 heterocycles. The molecule has 25 heavy (non-hydrogen) atoms. The van der Waals surface area contributed by atoms with Crippen molar-refractivity contribution in [2.75, 3.05) is 18.5 Å². The molecule has 1 saturated heterocycles. The first-order valence-electron chi connectivity index (χ1n) is 8.38. The third-order valence-electron chi connectivity index (χ3n) is 4.75. The van der Waals surface area contributed by atoms with Crippen LogP contribution in [0.15, 0.2) is 47.5 Å². The van der Waals surface area contributed by atoms with E-state index in [1.807, 2.05) is 36.4 Å². The third kappa shape index (κ3) is 3.34. The van der Waals surface area contributed by atoms with E-state index in [9.17, 15) is 0 Å². The SMILES string of the molecule is Clc1ccc(CNC2=Nc3ccccc3NC23CCOCC3)cc1Cl. The van der Waals surface area contributed by atoms with Gasteiger partial charge >= 0.3 is 0 Å². The van der Waals surface area contributed by atoms with Crippen LogP contribution in [0.2, 0.25) is 10.0 Å². The molecule has 2 aromatic carbocycles. The predicted molar refractivity (Wildman–Crippen MR) is 103 cm³/mol. The molecular formula is C19H19Cl2N3O. The molecule has 0 aliphatic carbocycles. The molecular weight excluding hydrogens is 357 g/mol. The van der Waals surface area contributed by atoms with Crippen LogP contribution in [0.5, 0.6) is 0 Å². The second-order valence-electron chi connectivity index (χ2n) is 6.40. The fraction of sp³-hybridized carbons (Fsp3) is 0.316. The average molecular weight is 376 g/mol. The van der Waals surface area contributed by atoms with E-state index in [4.69, 9.17) is 32.9 Å². The minimum absolute atomic E-state index is 0.206. The van der Waals surface area contributed by atoms with Gasteiger partial charge in [-0.25, -0.2) is 4.99 Å². The molecule has 4 rings (SSSR count). The van der Waals surface area contributed by atoms with Gasteiger partial charge in [-0.1, -0.05) is 41.4 Å². The number of anilines is 1. The second-order valence-corrected chi connectivity index (χ2v) is 7.21. The van der Waals surface area contributed by atoms with Crippen LogP contribution < -0.4 is 10.6 Å². The van der Waals surface area contributed by atoms with Gasteiger partial charge < -0.3 is 15.4 Å². The van der Waals surface area contributed by atoms with Gasteiger partial charge in [-0.3, -0.25) is 0 Å². The van der Waals surface area contributed by atoms with Crippen molar-refractivity contribution in [1.29, 1.82) is 0 Å². The number of nitrogens with one attached hydrogen (secondary N) is 2. The summed E-state index contributed by atoms with van der Waals surface area (Å²) in [6.07, 6.45) is 1.77. The number of aliphatic imine (C=N–C) groups is 1. The quantitative estimate of drug-likeness (QED) is 0.792. The highest BCUT2D eigenvalue weighted by atomic mass is 35.5. The average Bonchev–Trinajstić information content (AvgIpc) is 2.63. The molecule has 2 N–H and O–H groups in total. The predicted octanol–water partition coefficient (Wildman–Crippen LogP) is 4.79. The van der Waals surface area contributed by atoms with Crippen molar-refractivity contribution in [2.24, 2.45) is 4.99 Å². The van der Waals surface area contributed by atoms with E-state index in [0.717, 1.165) is 48.8 Å². The Bertz CT molecular complexity index is 816. The Morgan fingerprint density at radius 3 is 2.68 bits per heavy atom. The summed E-state index contributed by atoms with van der Waals surface area (Å²) in [6, 6.07) is 13.8. The molecule has 2 aliphatic rings. The molecule has 0 radical (unpaired) electrons. The summed E-state index contributed by atoms with van der Waals surface area (Å²) >= 11 is 12.1. The topological polar surface area (TPSA) is 45.7 Å². The molecule has 2 aromatic rings. The number of amidine groups is 1. The molecule has 1 fully saturated rings. The van der Waals surface area contributed by atoms with Crippen LogP contribution >= 0.6 is 23.2 Å². The summed E-state index contributed by atoms with van der Waals surface area (Å²) in [5.74, 6) is 0.959. The Morgan fingerprint density at radius 2 is 1.88 bits per heavy atom. The van der Waals surface area contributed by atoms with Gasteiger partial charge in [-0.05, 0) is 29.8 Å². The monoisotopic (exact) mass is 375 g/mol. The van der Waals surface area contributed by atoms with E-state index in [2.05, 4.69) is 16.7 Å². The van der Waals surface area contributed by atoms with Crippen molar-refractivity contribution in [3.05, 3.63) is 58.1 Å². The Labute approximate surface area is 157 Å². The molecule has 2 aliphatic heterocycles. The lowest BCUT2D eigenvalue weighted by Gasteiger charge is -2.42. The largest absolute Gasteiger partial charge is 0.381 e. The number of hydrogen-bond donors (Lipinski definition) is 2. The number of ether oxygens (including phenoxy) is 1. The number of hydrogen-bond acceptors (Lipinski definition) is 4. The minimum atomic E-state index is -0.206. The van der Waals surface area contributed by atoms with E-state index in [0.29, 0.717) is 16.6 Å². The van der Waals surface area contributed by atoms with Crippen molar-refractivity contribution < 1.29 is 4.74 Å². The van der Waals surface area contributed by atoms with Gasteiger partial charge in [-0.15, -0.1) is 0 Å². The number of nitrogens with zero attached hydrogens (tertiary/aromatic N) is 1. The third-order valence-corrected chi connectivity index (χ3v) is 5.49. The first-order valence-corrected chi connectivity index (χ1v) is 9.14. The molecule has 0 amide bonds. The highest BCUT2D eigenvalue weighted by molar-refractivity contribution is 6.42. The number of rotatable bonds is 2. The van der Waals surface area contributed by atoms with Crippen LogP contribution in [0.25, 0.3) is 0 Å². The first-order chi connectivity index (χ1) is 12.2. The zero-order valence-electron chi connectivity index (χ0n) is 13.7. The second kappa shape index (κ2) is 6.87. The highest BCUT2D eigenvalue weighted by Gasteiger charge is 2.40. The van der Waals surface area contributed by atoms with Crippen LogP contribution in [0.3, 0.4) is 0 Å². The summed E-state index contributed by atoms with van der Waals surface area (Å²) < 4.78 is 5.57. The molecule has 0 aromatic heterocycles. The fourth-order valence-electron chi connectivity index (χ4n) is 3.35. The Kier molecular flexibility index (Phi) is 4.59. The van der Waals surface area contributed by atoms with Gasteiger partial charge in [0.1, 0.15) is 5.84 Å². The zero-order valence-corrected chi connectivity index (χ0v) is 15.2. The van der Waals surface area contributed by atoms with Crippen molar-refractivity contribution in [1.82, 2.24) is 5.32 Å². The molecule has 0 unspecified atom stereocenters. The normalized spacial score (nSPS) is 18.2. The van der Waals surface area contributed by atoms with E-state index in [1.165, 1.54) is 0 Å². The number of fused-ring (bicyclic) bond motifs is 1. The van der Waals surface area contributed by atoms with Gasteiger partial charge in [0.2, 0.25) is 0 Å². The maximum atomic E-state index is 6.13. The number of halogens is 2. The van der Waals surface area contributed by atoms with Crippen LogP contribution in [0.4, 0.5) is 11.4 Å². The lowest BCUT2D eigenvalue weighted by atomic mass is 9.86. The van der Waals surface area contributed by atoms with E-state index in [-0.39, 0.29) is 5.54 Å². The van der Waals surface area contributed by atoms with Gasteiger partial charge in [0.05, 0.1) is 27.0 Å². The summed E-state index contributed by atoms with van der Waals surface area (Å²) in [7, 11) is 0. The minimum Gasteiger partial charge on any atom is -0.381 e. The molecule has 4 nitrogen and oxygen atoms in total. The molecule has 1 spiro atoms. The van der Waals surface area contributed by atoms with E-state index >= 15 is 0 Å². The van der Waals surface area contributed by atoms with Crippen molar-refractivity contribution in [3.8, 4) is 0 Å². The Balaban J connectivity index is 1.62. The van der Waals surface area contributed by atoms with Crippen molar-refractivity contribution in [2.45, 2.75) is 24.9 Å². The molecule has 6 heteroatoms. The summed E-state index contributed by atoms with van der Waals surface area (Å²) in [4.78, 5) is 4.91. The lowest BCUT2D eigenvalue weighted by molar-refractivity contribution is 0.0771. The molecule has 130 valence electrons. The summed E-state index contributed by atoms with van der Waals surface area (Å²) in [5, 5.41) is 8.35. The van der Waals surface area contributed by atoms with Gasteiger partial charge in [0.15, 0.2) is 0 Å². The van der Waals surface area contributed by atoms with Gasteiger partial charge in [0, 0.05) is 32.6 Å². The van der Waals surface area contributed by atoms with Crippen molar-refractivity contribution >= 4 is 40.4 Å². The first kappa shape index (κ1) is 16.7. The standard InChI is InChI=1S/C19H19Cl2N3O/c20-14-6-5-13(11-15(14)21)12-22-18-19(7-9-25-10-8-19)24-17-4-2-1-3-16(17)23-18/h1-6,11,24H,7-10,12H2,(H,22,23). The number of para-hydroxylation sites is 2. The van der Waals surface area contributed by atoms with Crippen LogP contribution in [0, 0.1) is 0 Å². The van der Waals surface area contributed by atoms with Crippen LogP contribution in [-0.2, 0) is 11.3 Å². The van der Waals surface area contributed by atoms with Crippen LogP contribution in [-0.4, -0.2) is 24.6 Å². The lowest BCUT2D eigenvalue weighted by Crippen LogP contribution is -2.56. The Morgan fingerprint density at radius 1 is 1.08 bits per heavy atom. The summed E-state index contributed by atoms with van der Waals surface area (Å²) in [6.45, 7) is 2.09.